The van der Waals surface area contributed by atoms with Crippen molar-refractivity contribution in [3.8, 4) is 0 Å². The van der Waals surface area contributed by atoms with Gasteiger partial charge in [0.15, 0.2) is 0 Å². The maximum Gasteiger partial charge on any atom is 0.222 e. The summed E-state index contributed by atoms with van der Waals surface area (Å²) in [4.78, 5) is 27.3. The summed E-state index contributed by atoms with van der Waals surface area (Å²) in [5.41, 5.74) is 0.438. The van der Waals surface area contributed by atoms with Gasteiger partial charge in [-0.1, -0.05) is 102 Å². The Morgan fingerprint density at radius 3 is 2.02 bits per heavy atom. The van der Waals surface area contributed by atoms with Crippen molar-refractivity contribution in [3.05, 3.63) is 60.8 Å². The molecule has 0 aromatic heterocycles. The maximum atomic E-state index is 12.9. The Balaban J connectivity index is 1.09. The SMILES string of the molecule is CCC=CCC=CCC=CCC=CCC=CCCCC(=O)N(C)CCNC(=O)CCC(C)C1CCC2C3C(O)C(CC)C4CC(O)CCC4(C)C3CCC12C. The molecule has 2 amide bonds. The molecule has 0 saturated heterocycles. The summed E-state index contributed by atoms with van der Waals surface area (Å²) < 4.78 is 0. The van der Waals surface area contributed by atoms with Crippen LogP contribution in [-0.2, 0) is 9.59 Å². The van der Waals surface area contributed by atoms with E-state index >= 15 is 0 Å². The van der Waals surface area contributed by atoms with Crippen molar-refractivity contribution in [1.29, 1.82) is 0 Å². The van der Waals surface area contributed by atoms with Gasteiger partial charge in [0.2, 0.25) is 11.8 Å². The fourth-order valence-corrected chi connectivity index (χ4v) is 12.0. The summed E-state index contributed by atoms with van der Waals surface area (Å²) in [6.07, 6.45) is 38.8. The first-order valence-corrected chi connectivity index (χ1v) is 22.6. The number of rotatable bonds is 21. The summed E-state index contributed by atoms with van der Waals surface area (Å²) >= 11 is 0. The number of allylic oxidation sites excluding steroid dienone is 10. The highest BCUT2D eigenvalue weighted by atomic mass is 16.3. The van der Waals surface area contributed by atoms with Crippen LogP contribution in [0.1, 0.15) is 150 Å². The van der Waals surface area contributed by atoms with Gasteiger partial charge in [0.25, 0.3) is 0 Å². The summed E-state index contributed by atoms with van der Waals surface area (Å²) in [5.74, 6) is 3.42. The molecule has 11 unspecified atom stereocenters. The fourth-order valence-electron chi connectivity index (χ4n) is 12.0. The molecular formula is C49H80N2O4. The van der Waals surface area contributed by atoms with Crippen LogP contribution >= 0.6 is 0 Å². The molecular weight excluding hydrogens is 681 g/mol. The molecule has 0 radical (unpaired) electrons. The Labute approximate surface area is 336 Å². The lowest BCUT2D eigenvalue weighted by Gasteiger charge is -2.64. The van der Waals surface area contributed by atoms with E-state index in [9.17, 15) is 19.8 Å². The molecule has 55 heavy (non-hydrogen) atoms. The quantitative estimate of drug-likeness (QED) is 0.0803. The Bertz CT molecular complexity index is 1330. The van der Waals surface area contributed by atoms with Gasteiger partial charge in [-0.2, -0.15) is 0 Å². The summed E-state index contributed by atoms with van der Waals surface area (Å²) in [6, 6.07) is 0. The van der Waals surface area contributed by atoms with Crippen molar-refractivity contribution in [3.63, 3.8) is 0 Å². The zero-order valence-corrected chi connectivity index (χ0v) is 35.8. The lowest BCUT2D eigenvalue weighted by atomic mass is 9.41. The number of likely N-dealkylation sites (N-methyl/N-ethyl adjacent to an activating group) is 1. The lowest BCUT2D eigenvalue weighted by molar-refractivity contribution is -0.203. The Morgan fingerprint density at radius 2 is 1.38 bits per heavy atom. The Kier molecular flexibility index (Phi) is 18.5. The first kappa shape index (κ1) is 45.3. The fraction of sp³-hybridized carbons (Fsp3) is 0.755. The lowest BCUT2D eigenvalue weighted by Crippen LogP contribution is -2.62. The number of aliphatic hydroxyl groups excluding tert-OH is 2. The van der Waals surface area contributed by atoms with Gasteiger partial charge in [0, 0.05) is 33.0 Å². The summed E-state index contributed by atoms with van der Waals surface area (Å²) in [7, 11) is 1.84. The van der Waals surface area contributed by atoms with Crippen LogP contribution in [0.15, 0.2) is 60.8 Å². The zero-order valence-electron chi connectivity index (χ0n) is 35.8. The second-order valence-corrected chi connectivity index (χ2v) is 18.4. The minimum Gasteiger partial charge on any atom is -0.393 e. The van der Waals surface area contributed by atoms with Crippen molar-refractivity contribution >= 4 is 11.8 Å². The second-order valence-electron chi connectivity index (χ2n) is 18.4. The summed E-state index contributed by atoms with van der Waals surface area (Å²) in [6.45, 7) is 12.8. The van der Waals surface area contributed by atoms with E-state index in [4.69, 9.17) is 0 Å². The van der Waals surface area contributed by atoms with Crippen molar-refractivity contribution in [1.82, 2.24) is 10.2 Å². The molecule has 0 aliphatic heterocycles. The molecule has 3 N–H and O–H groups in total. The number of carbonyl (C=O) groups is 2. The first-order valence-electron chi connectivity index (χ1n) is 22.6. The topological polar surface area (TPSA) is 89.9 Å². The predicted octanol–water partition coefficient (Wildman–Crippen LogP) is 10.5. The molecule has 0 spiro atoms. The molecule has 4 aliphatic carbocycles. The number of nitrogens with one attached hydrogen (secondary N) is 1. The number of hydrogen-bond donors (Lipinski definition) is 3. The van der Waals surface area contributed by atoms with Gasteiger partial charge in [-0.3, -0.25) is 9.59 Å². The standard InChI is InChI=1S/C49H80N2O4/c1-7-9-10-11-12-13-14-15-16-17-18-19-20-21-22-23-24-25-45(54)51(6)35-34-50-44(53)29-26-37(3)40-27-28-41-46-42(31-33-48(40,41)4)49(5)32-30-38(52)36-43(49)39(8-2)47(46)55/h9-10,12-13,15-16,18-19,21-22,37-43,46-47,52,55H,7-8,11,14,17,20,23-36H2,1-6H3,(H,50,53). The number of amides is 2. The van der Waals surface area contributed by atoms with Crippen LogP contribution in [0, 0.1) is 52.3 Å². The molecule has 4 aliphatic rings. The molecule has 0 aromatic rings. The molecule has 6 nitrogen and oxygen atoms in total. The van der Waals surface area contributed by atoms with Gasteiger partial charge < -0.3 is 20.4 Å². The van der Waals surface area contributed by atoms with E-state index in [2.05, 4.69) is 101 Å². The largest absolute Gasteiger partial charge is 0.393 e. The van der Waals surface area contributed by atoms with Crippen LogP contribution in [-0.4, -0.2) is 59.3 Å². The molecule has 0 bridgehead atoms. The van der Waals surface area contributed by atoms with E-state index in [1.807, 2.05) is 7.05 Å². The van der Waals surface area contributed by atoms with Crippen molar-refractivity contribution < 1.29 is 19.8 Å². The molecule has 0 aromatic carbocycles. The molecule has 310 valence electrons. The molecule has 4 fully saturated rings. The third kappa shape index (κ3) is 12.0. The molecule has 0 heterocycles. The van der Waals surface area contributed by atoms with E-state index in [1.165, 1.54) is 25.7 Å². The average Bonchev–Trinajstić information content (AvgIpc) is 3.53. The van der Waals surface area contributed by atoms with Crippen LogP contribution < -0.4 is 5.32 Å². The average molecular weight is 761 g/mol. The van der Waals surface area contributed by atoms with Crippen molar-refractivity contribution in [2.75, 3.05) is 20.1 Å². The zero-order chi connectivity index (χ0) is 39.8. The third-order valence-electron chi connectivity index (χ3n) is 15.1. The van der Waals surface area contributed by atoms with E-state index < -0.39 is 0 Å². The third-order valence-corrected chi connectivity index (χ3v) is 15.1. The molecule has 4 rings (SSSR count). The van der Waals surface area contributed by atoms with Crippen LogP contribution in [0.3, 0.4) is 0 Å². The van der Waals surface area contributed by atoms with Gasteiger partial charge in [0.1, 0.15) is 0 Å². The van der Waals surface area contributed by atoms with E-state index in [1.54, 1.807) is 4.90 Å². The maximum absolute atomic E-state index is 12.9. The summed E-state index contributed by atoms with van der Waals surface area (Å²) in [5, 5.41) is 25.7. The van der Waals surface area contributed by atoms with E-state index in [0.29, 0.717) is 61.4 Å². The van der Waals surface area contributed by atoms with Crippen LogP contribution in [0.5, 0.6) is 0 Å². The van der Waals surface area contributed by atoms with Crippen molar-refractivity contribution in [2.24, 2.45) is 52.3 Å². The predicted molar refractivity (Wildman–Crippen MR) is 229 cm³/mol. The number of nitrogens with zero attached hydrogens (tertiary/aromatic N) is 1. The number of aliphatic hydroxyl groups is 2. The number of unbranched alkanes of at least 4 members (excludes halogenated alkanes) is 1. The van der Waals surface area contributed by atoms with Crippen LogP contribution in [0.2, 0.25) is 0 Å². The highest BCUT2D eigenvalue weighted by Crippen LogP contribution is 2.69. The molecule has 11 atom stereocenters. The Hall–Kier alpha value is -2.44. The highest BCUT2D eigenvalue weighted by Gasteiger charge is 2.64. The minimum absolute atomic E-state index is 0.0847. The van der Waals surface area contributed by atoms with Gasteiger partial charge in [0.05, 0.1) is 12.2 Å². The van der Waals surface area contributed by atoms with Gasteiger partial charge >= 0.3 is 0 Å². The van der Waals surface area contributed by atoms with Crippen LogP contribution in [0.25, 0.3) is 0 Å². The van der Waals surface area contributed by atoms with E-state index in [0.717, 1.165) is 77.0 Å². The Morgan fingerprint density at radius 1 is 0.782 bits per heavy atom. The highest BCUT2D eigenvalue weighted by molar-refractivity contribution is 5.77. The van der Waals surface area contributed by atoms with Gasteiger partial charge in [-0.05, 0) is 149 Å². The molecule has 4 saturated carbocycles. The normalized spacial score (nSPS) is 34.1. The van der Waals surface area contributed by atoms with Gasteiger partial charge in [-0.15, -0.1) is 0 Å². The van der Waals surface area contributed by atoms with Crippen molar-refractivity contribution in [2.45, 2.75) is 162 Å². The monoisotopic (exact) mass is 761 g/mol. The molecule has 6 heteroatoms. The minimum atomic E-state index is -0.267. The second kappa shape index (κ2) is 22.5. The van der Waals surface area contributed by atoms with Gasteiger partial charge in [-0.25, -0.2) is 0 Å². The number of carbonyl (C=O) groups excluding carboxylic acids is 2. The smallest absolute Gasteiger partial charge is 0.222 e. The number of fused-ring (bicyclic) bond motifs is 5. The number of hydrogen-bond acceptors (Lipinski definition) is 4. The first-order chi connectivity index (χ1) is 26.5. The van der Waals surface area contributed by atoms with Crippen LogP contribution in [0.4, 0.5) is 0 Å². The van der Waals surface area contributed by atoms with E-state index in [-0.39, 0.29) is 40.8 Å².